The number of rotatable bonds is 2. The SMILES string of the molecule is CC(C)(C)C1=NOC2(C(=O)OCC#C[Si](C)(C)C)CCCC12. The van der Waals surface area contributed by atoms with E-state index in [0.29, 0.717) is 6.42 Å². The van der Waals surface area contributed by atoms with Gasteiger partial charge < -0.3 is 9.57 Å². The van der Waals surface area contributed by atoms with E-state index in [-0.39, 0.29) is 23.9 Å². The van der Waals surface area contributed by atoms with Crippen LogP contribution in [0.1, 0.15) is 40.0 Å². The summed E-state index contributed by atoms with van der Waals surface area (Å²) in [5, 5.41) is 4.24. The van der Waals surface area contributed by atoms with Crippen molar-refractivity contribution < 1.29 is 14.4 Å². The summed E-state index contributed by atoms with van der Waals surface area (Å²) < 4.78 is 5.40. The van der Waals surface area contributed by atoms with Crippen LogP contribution < -0.4 is 0 Å². The molecule has 2 aliphatic rings. The van der Waals surface area contributed by atoms with E-state index in [1.54, 1.807) is 0 Å². The Balaban J connectivity index is 2.05. The molecule has 0 bridgehead atoms. The minimum atomic E-state index is -1.43. The van der Waals surface area contributed by atoms with Crippen LogP contribution in [0.15, 0.2) is 5.16 Å². The van der Waals surface area contributed by atoms with Gasteiger partial charge in [0, 0.05) is 11.8 Å². The van der Waals surface area contributed by atoms with E-state index in [0.717, 1.165) is 18.6 Å². The third kappa shape index (κ3) is 3.38. The highest BCUT2D eigenvalue weighted by molar-refractivity contribution is 6.83. The maximum absolute atomic E-state index is 12.6. The molecule has 5 heteroatoms. The summed E-state index contributed by atoms with van der Waals surface area (Å²) >= 11 is 0. The smallest absolute Gasteiger partial charge is 0.355 e. The van der Waals surface area contributed by atoms with Gasteiger partial charge in [-0.1, -0.05) is 51.5 Å². The van der Waals surface area contributed by atoms with E-state index < -0.39 is 13.7 Å². The second kappa shape index (κ2) is 5.73. The molecule has 0 aromatic carbocycles. The van der Waals surface area contributed by atoms with Crippen molar-refractivity contribution in [1.29, 1.82) is 0 Å². The van der Waals surface area contributed by atoms with Crippen molar-refractivity contribution in [3.63, 3.8) is 0 Å². The van der Waals surface area contributed by atoms with E-state index in [4.69, 9.17) is 9.57 Å². The van der Waals surface area contributed by atoms with Gasteiger partial charge in [-0.3, -0.25) is 0 Å². The second-order valence-corrected chi connectivity index (χ2v) is 13.0. The van der Waals surface area contributed by atoms with Crippen molar-refractivity contribution in [2.24, 2.45) is 16.5 Å². The maximum atomic E-state index is 12.6. The molecule has 2 rings (SSSR count). The van der Waals surface area contributed by atoms with Gasteiger partial charge in [0.1, 0.15) is 8.07 Å². The first-order valence-electron chi connectivity index (χ1n) is 8.00. The number of oxime groups is 1. The van der Waals surface area contributed by atoms with Gasteiger partial charge in [0.15, 0.2) is 6.61 Å². The quantitative estimate of drug-likeness (QED) is 0.445. The molecule has 2 unspecified atom stereocenters. The third-order valence-electron chi connectivity index (χ3n) is 4.09. The van der Waals surface area contributed by atoms with Crippen LogP contribution in [0.3, 0.4) is 0 Å². The Morgan fingerprint density at radius 2 is 2.14 bits per heavy atom. The van der Waals surface area contributed by atoms with Crippen molar-refractivity contribution in [2.75, 3.05) is 6.61 Å². The van der Waals surface area contributed by atoms with Crippen LogP contribution in [-0.2, 0) is 14.4 Å². The zero-order valence-electron chi connectivity index (χ0n) is 14.6. The fourth-order valence-corrected chi connectivity index (χ4v) is 3.71. The average Bonchev–Trinajstić information content (AvgIpc) is 2.90. The molecule has 4 nitrogen and oxygen atoms in total. The van der Waals surface area contributed by atoms with Gasteiger partial charge in [-0.15, -0.1) is 5.54 Å². The molecule has 0 radical (unpaired) electrons. The molecular weight excluding hydrogens is 294 g/mol. The molecule has 0 amide bonds. The summed E-state index contributed by atoms with van der Waals surface area (Å²) in [7, 11) is -1.43. The van der Waals surface area contributed by atoms with E-state index >= 15 is 0 Å². The molecule has 122 valence electrons. The number of carbonyl (C=O) groups is 1. The standard InChI is InChI=1S/C17H27NO3Si/c1-16(2,3)14-13-9-7-10-17(13,21-18-14)15(19)20-11-8-12-22(4,5)6/h13H,7,9-11H2,1-6H3. The van der Waals surface area contributed by atoms with E-state index in [9.17, 15) is 4.79 Å². The Morgan fingerprint density at radius 1 is 1.45 bits per heavy atom. The summed E-state index contributed by atoms with van der Waals surface area (Å²) in [6.45, 7) is 13.0. The zero-order chi connectivity index (χ0) is 16.6. The average molecular weight is 321 g/mol. The number of ether oxygens (including phenoxy) is 1. The van der Waals surface area contributed by atoms with Crippen LogP contribution in [0.5, 0.6) is 0 Å². The first-order valence-corrected chi connectivity index (χ1v) is 11.5. The van der Waals surface area contributed by atoms with Gasteiger partial charge in [0.05, 0.1) is 11.6 Å². The lowest BCUT2D eigenvalue weighted by Crippen LogP contribution is -2.46. The molecule has 1 aliphatic carbocycles. The van der Waals surface area contributed by atoms with Gasteiger partial charge in [-0.2, -0.15) is 0 Å². The molecule has 1 fully saturated rings. The first-order chi connectivity index (χ1) is 10.1. The van der Waals surface area contributed by atoms with Crippen molar-refractivity contribution in [1.82, 2.24) is 0 Å². The molecule has 1 heterocycles. The molecular formula is C17H27NO3Si. The van der Waals surface area contributed by atoms with Crippen molar-refractivity contribution in [3.8, 4) is 11.5 Å². The lowest BCUT2D eigenvalue weighted by atomic mass is 9.76. The summed E-state index contributed by atoms with van der Waals surface area (Å²) in [6, 6.07) is 0. The van der Waals surface area contributed by atoms with Gasteiger partial charge in [-0.25, -0.2) is 4.79 Å². The topological polar surface area (TPSA) is 47.9 Å². The molecule has 0 N–H and O–H groups in total. The summed E-state index contributed by atoms with van der Waals surface area (Å²) in [4.78, 5) is 18.2. The molecule has 1 saturated carbocycles. The van der Waals surface area contributed by atoms with Crippen LogP contribution >= 0.6 is 0 Å². The lowest BCUT2D eigenvalue weighted by Gasteiger charge is -2.27. The van der Waals surface area contributed by atoms with Gasteiger partial charge in [-0.05, 0) is 12.8 Å². The Bertz CT molecular complexity index is 545. The highest BCUT2D eigenvalue weighted by Crippen LogP contribution is 2.48. The van der Waals surface area contributed by atoms with Crippen LogP contribution in [0.4, 0.5) is 0 Å². The number of hydrogen-bond acceptors (Lipinski definition) is 4. The predicted octanol–water partition coefficient (Wildman–Crippen LogP) is 3.38. The van der Waals surface area contributed by atoms with E-state index in [1.165, 1.54) is 0 Å². The number of hydrogen-bond donors (Lipinski definition) is 0. The van der Waals surface area contributed by atoms with Gasteiger partial charge in [0.25, 0.3) is 0 Å². The molecule has 2 atom stereocenters. The summed E-state index contributed by atoms with van der Waals surface area (Å²) in [5.74, 6) is 2.72. The Labute approximate surface area is 134 Å². The third-order valence-corrected chi connectivity index (χ3v) is 5.02. The van der Waals surface area contributed by atoms with Crippen LogP contribution in [-0.4, -0.2) is 32.0 Å². The molecule has 1 aliphatic heterocycles. The largest absolute Gasteiger partial charge is 0.449 e. The van der Waals surface area contributed by atoms with Crippen molar-refractivity contribution in [2.45, 2.75) is 65.3 Å². The fourth-order valence-electron chi connectivity index (χ4n) is 3.10. The summed E-state index contributed by atoms with van der Waals surface area (Å²) in [6.07, 6.45) is 2.59. The molecule has 0 spiro atoms. The van der Waals surface area contributed by atoms with Gasteiger partial charge in [0.2, 0.25) is 5.60 Å². The minimum absolute atomic E-state index is 0.0463. The molecule has 22 heavy (non-hydrogen) atoms. The minimum Gasteiger partial charge on any atom is -0.449 e. The van der Waals surface area contributed by atoms with Gasteiger partial charge >= 0.3 is 5.97 Å². The predicted molar refractivity (Wildman–Crippen MR) is 90.1 cm³/mol. The van der Waals surface area contributed by atoms with E-state index in [1.807, 2.05) is 0 Å². The monoisotopic (exact) mass is 321 g/mol. The number of fused-ring (bicyclic) bond motifs is 1. The number of esters is 1. The molecule has 0 saturated heterocycles. The maximum Gasteiger partial charge on any atom is 0.355 e. The lowest BCUT2D eigenvalue weighted by molar-refractivity contribution is -0.170. The number of carbonyl (C=O) groups excluding carboxylic acids is 1. The first kappa shape index (κ1) is 17.1. The second-order valence-electron chi connectivity index (χ2n) is 8.28. The molecule has 0 aromatic rings. The Hall–Kier alpha value is -1.28. The summed E-state index contributed by atoms with van der Waals surface area (Å²) in [5.41, 5.74) is 3.19. The fraction of sp³-hybridized carbons (Fsp3) is 0.765. The highest BCUT2D eigenvalue weighted by atomic mass is 28.3. The Kier molecular flexibility index (Phi) is 4.45. The number of nitrogens with zero attached hydrogens (tertiary/aromatic N) is 1. The van der Waals surface area contributed by atoms with Crippen molar-refractivity contribution in [3.05, 3.63) is 0 Å². The van der Waals surface area contributed by atoms with Crippen LogP contribution in [0.2, 0.25) is 19.6 Å². The van der Waals surface area contributed by atoms with E-state index in [2.05, 4.69) is 57.0 Å². The normalized spacial score (nSPS) is 27.4. The Morgan fingerprint density at radius 3 is 2.73 bits per heavy atom. The highest BCUT2D eigenvalue weighted by Gasteiger charge is 2.60. The molecule has 0 aromatic heterocycles. The van der Waals surface area contributed by atoms with Crippen LogP contribution in [0.25, 0.3) is 0 Å². The zero-order valence-corrected chi connectivity index (χ0v) is 15.6. The van der Waals surface area contributed by atoms with Crippen molar-refractivity contribution >= 4 is 19.8 Å². The van der Waals surface area contributed by atoms with Crippen LogP contribution in [0, 0.1) is 22.8 Å².